The molecular formula is C19H12F2N6O. The summed E-state index contributed by atoms with van der Waals surface area (Å²) in [5.74, 6) is -1.46. The lowest BCUT2D eigenvalue weighted by Crippen LogP contribution is -2.03. The summed E-state index contributed by atoms with van der Waals surface area (Å²) in [5.41, 5.74) is 0.577. The lowest BCUT2D eigenvalue weighted by atomic mass is 10.2. The molecule has 0 radical (unpaired) electrons. The number of aromatic amines is 1. The van der Waals surface area contributed by atoms with E-state index in [1.807, 2.05) is 6.07 Å². The number of nitrogens with one attached hydrogen (secondary N) is 2. The number of halogens is 2. The molecule has 0 amide bonds. The van der Waals surface area contributed by atoms with Crippen LogP contribution in [0.3, 0.4) is 0 Å². The Balaban J connectivity index is 1.75. The van der Waals surface area contributed by atoms with E-state index in [2.05, 4.69) is 25.3 Å². The van der Waals surface area contributed by atoms with Crippen LogP contribution >= 0.6 is 0 Å². The highest BCUT2D eigenvalue weighted by Crippen LogP contribution is 2.34. The molecule has 0 aliphatic rings. The predicted octanol–water partition coefficient (Wildman–Crippen LogP) is 4.35. The molecule has 0 aliphatic heterocycles. The number of benzene rings is 1. The van der Waals surface area contributed by atoms with Crippen molar-refractivity contribution < 1.29 is 13.5 Å². The zero-order chi connectivity index (χ0) is 19.7. The van der Waals surface area contributed by atoms with Crippen molar-refractivity contribution in [2.75, 3.05) is 5.32 Å². The van der Waals surface area contributed by atoms with E-state index >= 15 is 0 Å². The minimum Gasteiger partial charge on any atom is -0.434 e. The molecule has 7 nitrogen and oxygen atoms in total. The number of nitrogens with zero attached hydrogens (tertiary/aromatic N) is 4. The van der Waals surface area contributed by atoms with Crippen LogP contribution in [-0.2, 0) is 0 Å². The van der Waals surface area contributed by atoms with Gasteiger partial charge in [-0.05, 0) is 25.1 Å². The summed E-state index contributed by atoms with van der Waals surface area (Å²) >= 11 is 0. The molecule has 0 saturated heterocycles. The third-order valence-corrected chi connectivity index (χ3v) is 3.94. The van der Waals surface area contributed by atoms with Crippen molar-refractivity contribution >= 4 is 22.5 Å². The number of H-pyrrole nitrogens is 1. The monoisotopic (exact) mass is 378 g/mol. The zero-order valence-electron chi connectivity index (χ0n) is 14.5. The molecule has 1 aromatic carbocycles. The second-order valence-corrected chi connectivity index (χ2v) is 5.87. The number of nitriles is 1. The summed E-state index contributed by atoms with van der Waals surface area (Å²) in [6.07, 6.45) is 2.72. The SMILES string of the molecule is Cc1cc2c(F)c(Oc3ncnc(Nc4ccccn4)c3C#N)cc(F)c2[nH]1. The molecule has 2 N–H and O–H groups in total. The number of pyridine rings is 1. The van der Waals surface area contributed by atoms with Gasteiger partial charge in [-0.3, -0.25) is 0 Å². The Kier molecular flexibility index (Phi) is 4.29. The molecule has 138 valence electrons. The van der Waals surface area contributed by atoms with E-state index in [1.54, 1.807) is 31.3 Å². The highest BCUT2D eigenvalue weighted by molar-refractivity contribution is 5.83. The summed E-state index contributed by atoms with van der Waals surface area (Å²) in [4.78, 5) is 14.7. The average molecular weight is 378 g/mol. The second kappa shape index (κ2) is 6.92. The number of aryl methyl sites for hydroxylation is 1. The van der Waals surface area contributed by atoms with Crippen LogP contribution in [0.15, 0.2) is 42.9 Å². The smallest absolute Gasteiger partial charge is 0.242 e. The Morgan fingerprint density at radius 3 is 2.79 bits per heavy atom. The highest BCUT2D eigenvalue weighted by Gasteiger charge is 2.19. The number of rotatable bonds is 4. The van der Waals surface area contributed by atoms with E-state index in [0.29, 0.717) is 11.5 Å². The van der Waals surface area contributed by atoms with Gasteiger partial charge in [-0.1, -0.05) is 6.07 Å². The summed E-state index contributed by atoms with van der Waals surface area (Å²) in [7, 11) is 0. The van der Waals surface area contributed by atoms with Gasteiger partial charge in [0, 0.05) is 23.3 Å². The maximum Gasteiger partial charge on any atom is 0.242 e. The van der Waals surface area contributed by atoms with Gasteiger partial charge in [0.15, 0.2) is 28.8 Å². The molecule has 4 aromatic rings. The quantitative estimate of drug-likeness (QED) is 0.548. The number of hydrogen-bond donors (Lipinski definition) is 2. The number of hydrogen-bond acceptors (Lipinski definition) is 6. The van der Waals surface area contributed by atoms with Gasteiger partial charge in [0.1, 0.15) is 18.2 Å². The van der Waals surface area contributed by atoms with E-state index in [1.165, 1.54) is 6.07 Å². The van der Waals surface area contributed by atoms with Gasteiger partial charge in [0.25, 0.3) is 0 Å². The van der Waals surface area contributed by atoms with E-state index in [4.69, 9.17) is 4.74 Å². The Bertz CT molecular complexity index is 1220. The van der Waals surface area contributed by atoms with Crippen LogP contribution in [0.25, 0.3) is 10.9 Å². The number of fused-ring (bicyclic) bond motifs is 1. The normalized spacial score (nSPS) is 10.6. The molecule has 0 atom stereocenters. The Labute approximate surface area is 157 Å². The van der Waals surface area contributed by atoms with Crippen molar-refractivity contribution in [2.24, 2.45) is 0 Å². The van der Waals surface area contributed by atoms with E-state index in [0.717, 1.165) is 12.4 Å². The first-order valence-electron chi connectivity index (χ1n) is 8.15. The van der Waals surface area contributed by atoms with E-state index in [9.17, 15) is 14.0 Å². The summed E-state index contributed by atoms with van der Waals surface area (Å²) in [6.45, 7) is 1.69. The molecule has 0 bridgehead atoms. The first-order chi connectivity index (χ1) is 13.6. The largest absolute Gasteiger partial charge is 0.434 e. The third-order valence-electron chi connectivity index (χ3n) is 3.94. The zero-order valence-corrected chi connectivity index (χ0v) is 14.5. The van der Waals surface area contributed by atoms with Gasteiger partial charge in [0.05, 0.1) is 5.52 Å². The van der Waals surface area contributed by atoms with Crippen molar-refractivity contribution in [1.82, 2.24) is 19.9 Å². The average Bonchev–Trinajstić information content (AvgIpc) is 3.09. The topological polar surface area (TPSA) is 99.5 Å². The Morgan fingerprint density at radius 2 is 2.04 bits per heavy atom. The molecule has 0 fully saturated rings. The van der Waals surface area contributed by atoms with Crippen LogP contribution in [0.2, 0.25) is 0 Å². The molecule has 0 saturated carbocycles. The van der Waals surface area contributed by atoms with Gasteiger partial charge in [-0.15, -0.1) is 0 Å². The molecule has 0 spiro atoms. The first-order valence-corrected chi connectivity index (χ1v) is 8.15. The lowest BCUT2D eigenvalue weighted by Gasteiger charge is -2.11. The summed E-state index contributed by atoms with van der Waals surface area (Å²) in [6, 6.07) is 9.47. The molecule has 4 rings (SSSR count). The van der Waals surface area contributed by atoms with Gasteiger partial charge in [-0.2, -0.15) is 5.26 Å². The molecule has 3 heterocycles. The molecule has 28 heavy (non-hydrogen) atoms. The van der Waals surface area contributed by atoms with Gasteiger partial charge in [-0.25, -0.2) is 23.7 Å². The van der Waals surface area contributed by atoms with Crippen molar-refractivity contribution in [2.45, 2.75) is 6.92 Å². The standard InChI is InChI=1S/C19H12F2N6O/c1-10-6-11-16(21)14(7-13(20)17(11)26-10)28-19-12(8-22)18(24-9-25-19)27-15-4-2-3-5-23-15/h2-7,9,26H,1H3,(H,23,24,25,27). The van der Waals surface area contributed by atoms with Gasteiger partial charge >= 0.3 is 0 Å². The lowest BCUT2D eigenvalue weighted by molar-refractivity contribution is 0.424. The van der Waals surface area contributed by atoms with Crippen molar-refractivity contribution in [1.29, 1.82) is 5.26 Å². The second-order valence-electron chi connectivity index (χ2n) is 5.87. The van der Waals surface area contributed by atoms with E-state index in [-0.39, 0.29) is 33.9 Å². The van der Waals surface area contributed by atoms with Crippen LogP contribution in [0.1, 0.15) is 11.3 Å². The fourth-order valence-electron chi connectivity index (χ4n) is 2.71. The van der Waals surface area contributed by atoms with Crippen molar-refractivity contribution in [3.8, 4) is 17.7 Å². The fourth-order valence-corrected chi connectivity index (χ4v) is 2.71. The van der Waals surface area contributed by atoms with Crippen LogP contribution in [0, 0.1) is 29.9 Å². The van der Waals surface area contributed by atoms with Crippen LogP contribution in [0.4, 0.5) is 20.4 Å². The minimum atomic E-state index is -0.762. The van der Waals surface area contributed by atoms with E-state index < -0.39 is 11.6 Å². The molecule has 3 aromatic heterocycles. The molecule has 0 unspecified atom stereocenters. The molecule has 0 aliphatic carbocycles. The Morgan fingerprint density at radius 1 is 1.18 bits per heavy atom. The molecule has 9 heteroatoms. The highest BCUT2D eigenvalue weighted by atomic mass is 19.1. The third kappa shape index (κ3) is 3.07. The maximum atomic E-state index is 14.8. The molecular weight excluding hydrogens is 366 g/mol. The van der Waals surface area contributed by atoms with Crippen LogP contribution < -0.4 is 10.1 Å². The van der Waals surface area contributed by atoms with Crippen molar-refractivity contribution in [3.05, 3.63) is 65.7 Å². The summed E-state index contributed by atoms with van der Waals surface area (Å²) in [5, 5.41) is 12.4. The van der Waals surface area contributed by atoms with Crippen LogP contribution in [-0.4, -0.2) is 19.9 Å². The van der Waals surface area contributed by atoms with Crippen molar-refractivity contribution in [3.63, 3.8) is 0 Å². The van der Waals surface area contributed by atoms with Gasteiger partial charge < -0.3 is 15.0 Å². The predicted molar refractivity (Wildman–Crippen MR) is 97.3 cm³/mol. The fraction of sp³-hybridized carbons (Fsp3) is 0.0526. The van der Waals surface area contributed by atoms with Gasteiger partial charge in [0.2, 0.25) is 5.88 Å². The maximum absolute atomic E-state index is 14.8. The van der Waals surface area contributed by atoms with Crippen LogP contribution in [0.5, 0.6) is 11.6 Å². The number of anilines is 2. The minimum absolute atomic E-state index is 0.0445. The Hall–Kier alpha value is -4.06. The summed E-state index contributed by atoms with van der Waals surface area (Å²) < 4.78 is 34.5. The number of ether oxygens (including phenoxy) is 1. The number of aromatic nitrogens is 4. The first kappa shape index (κ1) is 17.4.